The topological polar surface area (TPSA) is 91.5 Å². The van der Waals surface area contributed by atoms with Crippen LogP contribution in [-0.4, -0.2) is 44.8 Å². The monoisotopic (exact) mass is 354 g/mol. The van der Waals surface area contributed by atoms with Gasteiger partial charge in [-0.25, -0.2) is 0 Å². The van der Waals surface area contributed by atoms with Crippen molar-refractivity contribution < 1.29 is 19.3 Å². The van der Waals surface area contributed by atoms with Crippen molar-refractivity contribution in [2.75, 3.05) is 13.4 Å². The van der Waals surface area contributed by atoms with E-state index in [0.717, 1.165) is 11.1 Å². The predicted octanol–water partition coefficient (Wildman–Crippen LogP) is 1.82. The molecule has 0 unspecified atom stereocenters. The Kier molecular flexibility index (Phi) is 4.40. The zero-order valence-corrected chi connectivity index (χ0v) is 14.2. The number of benzene rings is 2. The molecule has 0 radical (unpaired) electrons. The van der Waals surface area contributed by atoms with Gasteiger partial charge in [-0.2, -0.15) is 4.80 Å². The molecule has 0 amide bonds. The third-order valence-electron chi connectivity index (χ3n) is 3.92. The maximum atomic E-state index is 10.2. The fourth-order valence-electron chi connectivity index (χ4n) is 2.54. The van der Waals surface area contributed by atoms with Crippen LogP contribution >= 0.6 is 0 Å². The molecule has 2 heterocycles. The molecular weight excluding hydrogens is 336 g/mol. The number of aliphatic hydroxyl groups is 1. The molecule has 0 spiro atoms. The van der Waals surface area contributed by atoms with Gasteiger partial charge in [0.2, 0.25) is 12.6 Å². The van der Waals surface area contributed by atoms with Crippen LogP contribution in [0.4, 0.5) is 0 Å². The summed E-state index contributed by atoms with van der Waals surface area (Å²) >= 11 is 0. The third kappa shape index (κ3) is 3.60. The minimum Gasteiger partial charge on any atom is -0.491 e. The summed E-state index contributed by atoms with van der Waals surface area (Å²) in [5, 5.41) is 22.5. The van der Waals surface area contributed by atoms with Gasteiger partial charge in [0.15, 0.2) is 11.5 Å². The van der Waals surface area contributed by atoms with E-state index in [1.54, 1.807) is 18.2 Å². The molecule has 26 heavy (non-hydrogen) atoms. The number of aliphatic hydroxyl groups excluding tert-OH is 1. The van der Waals surface area contributed by atoms with E-state index in [1.165, 1.54) is 4.80 Å². The van der Waals surface area contributed by atoms with Gasteiger partial charge in [-0.05, 0) is 24.3 Å². The molecule has 8 heteroatoms. The van der Waals surface area contributed by atoms with Crippen molar-refractivity contribution in [2.24, 2.45) is 0 Å². The number of rotatable bonds is 6. The molecular formula is C18H18N4O4. The van der Waals surface area contributed by atoms with Crippen molar-refractivity contribution in [3.8, 4) is 28.6 Å². The van der Waals surface area contributed by atoms with E-state index < -0.39 is 6.10 Å². The van der Waals surface area contributed by atoms with Crippen LogP contribution in [0, 0.1) is 6.92 Å². The molecule has 0 fully saturated rings. The Morgan fingerprint density at radius 1 is 1.15 bits per heavy atom. The first-order chi connectivity index (χ1) is 12.7. The molecule has 1 N–H and O–H groups in total. The van der Waals surface area contributed by atoms with Gasteiger partial charge >= 0.3 is 0 Å². The first-order valence-corrected chi connectivity index (χ1v) is 8.23. The fourth-order valence-corrected chi connectivity index (χ4v) is 2.54. The number of hydrogen-bond donors (Lipinski definition) is 1. The van der Waals surface area contributed by atoms with Gasteiger partial charge < -0.3 is 19.3 Å². The molecule has 2 aromatic carbocycles. The van der Waals surface area contributed by atoms with Gasteiger partial charge in [0.1, 0.15) is 18.5 Å². The van der Waals surface area contributed by atoms with E-state index in [9.17, 15) is 5.11 Å². The van der Waals surface area contributed by atoms with Crippen LogP contribution in [0.2, 0.25) is 0 Å². The second-order valence-corrected chi connectivity index (χ2v) is 6.01. The van der Waals surface area contributed by atoms with Gasteiger partial charge in [0.25, 0.3) is 0 Å². The molecule has 1 aromatic heterocycles. The number of nitrogens with zero attached hydrogens (tertiary/aromatic N) is 4. The molecule has 3 aromatic rings. The highest BCUT2D eigenvalue weighted by atomic mass is 16.7. The molecule has 0 saturated carbocycles. The van der Waals surface area contributed by atoms with Crippen LogP contribution in [0.1, 0.15) is 5.56 Å². The van der Waals surface area contributed by atoms with E-state index in [2.05, 4.69) is 15.4 Å². The summed E-state index contributed by atoms with van der Waals surface area (Å²) in [5.41, 5.74) is 2.05. The lowest BCUT2D eigenvalue weighted by Crippen LogP contribution is -2.24. The number of aromatic nitrogens is 4. The Hall–Kier alpha value is -3.13. The van der Waals surface area contributed by atoms with Crippen molar-refractivity contribution in [1.82, 2.24) is 20.2 Å². The molecule has 1 atom stereocenters. The Balaban J connectivity index is 1.33. The molecule has 1 aliphatic heterocycles. The minimum absolute atomic E-state index is 0.0983. The van der Waals surface area contributed by atoms with Crippen molar-refractivity contribution in [3.63, 3.8) is 0 Å². The van der Waals surface area contributed by atoms with Crippen LogP contribution in [0.25, 0.3) is 11.4 Å². The summed E-state index contributed by atoms with van der Waals surface area (Å²) in [7, 11) is 0. The molecule has 0 saturated heterocycles. The predicted molar refractivity (Wildman–Crippen MR) is 92.1 cm³/mol. The van der Waals surface area contributed by atoms with Crippen LogP contribution in [-0.2, 0) is 6.54 Å². The van der Waals surface area contributed by atoms with Crippen LogP contribution in [0.15, 0.2) is 42.5 Å². The van der Waals surface area contributed by atoms with E-state index >= 15 is 0 Å². The lowest BCUT2D eigenvalue weighted by atomic mass is 10.1. The van der Waals surface area contributed by atoms with Gasteiger partial charge in [0, 0.05) is 11.6 Å². The van der Waals surface area contributed by atoms with E-state index in [1.807, 2.05) is 31.2 Å². The smallest absolute Gasteiger partial charge is 0.231 e. The normalized spacial score (nSPS) is 13.6. The van der Waals surface area contributed by atoms with Gasteiger partial charge in [-0.15, -0.1) is 10.2 Å². The average molecular weight is 354 g/mol. The third-order valence-corrected chi connectivity index (χ3v) is 3.92. The lowest BCUT2D eigenvalue weighted by molar-refractivity contribution is 0.0848. The lowest BCUT2D eigenvalue weighted by Gasteiger charge is -2.11. The first kappa shape index (κ1) is 16.3. The van der Waals surface area contributed by atoms with Crippen molar-refractivity contribution in [3.05, 3.63) is 48.0 Å². The molecule has 4 rings (SSSR count). The summed E-state index contributed by atoms with van der Waals surface area (Å²) in [6, 6.07) is 13.1. The van der Waals surface area contributed by atoms with Crippen LogP contribution < -0.4 is 14.2 Å². The van der Waals surface area contributed by atoms with Crippen molar-refractivity contribution in [2.45, 2.75) is 19.6 Å². The molecule has 134 valence electrons. The second kappa shape index (κ2) is 7.01. The maximum absolute atomic E-state index is 10.2. The Morgan fingerprint density at radius 2 is 1.96 bits per heavy atom. The summed E-state index contributed by atoms with van der Waals surface area (Å²) < 4.78 is 16.1. The highest BCUT2D eigenvalue weighted by molar-refractivity contribution is 5.54. The van der Waals surface area contributed by atoms with Crippen LogP contribution in [0.3, 0.4) is 0 Å². The largest absolute Gasteiger partial charge is 0.491 e. The quantitative estimate of drug-likeness (QED) is 0.722. The number of hydrogen-bond acceptors (Lipinski definition) is 7. The highest BCUT2D eigenvalue weighted by Gasteiger charge is 2.15. The van der Waals surface area contributed by atoms with Gasteiger partial charge in [-0.3, -0.25) is 0 Å². The average Bonchev–Trinajstić information content (AvgIpc) is 3.29. The second-order valence-electron chi connectivity index (χ2n) is 6.01. The Bertz CT molecular complexity index is 894. The van der Waals surface area contributed by atoms with Crippen LogP contribution in [0.5, 0.6) is 17.2 Å². The Labute approximate surface area is 149 Å². The van der Waals surface area contributed by atoms with E-state index in [0.29, 0.717) is 23.1 Å². The Morgan fingerprint density at radius 3 is 2.81 bits per heavy atom. The first-order valence-electron chi connectivity index (χ1n) is 8.23. The van der Waals surface area contributed by atoms with Gasteiger partial charge in [-0.1, -0.05) is 29.8 Å². The SMILES string of the molecule is Cc1ccc(-c2nnn(C[C@H](O)COc3ccc4c(c3)OCO4)n2)cc1. The maximum Gasteiger partial charge on any atom is 0.231 e. The minimum atomic E-state index is -0.777. The standard InChI is InChI=1S/C18H18N4O4/c1-12-2-4-13(5-3-12)18-19-21-22(20-18)9-14(23)10-24-15-6-7-16-17(8-15)26-11-25-16/h2-8,14,23H,9-11H2,1H3/t14-/m0/s1. The van der Waals surface area contributed by atoms with E-state index in [-0.39, 0.29) is 19.9 Å². The molecule has 0 bridgehead atoms. The molecule has 0 aliphatic carbocycles. The zero-order valence-electron chi connectivity index (χ0n) is 14.2. The van der Waals surface area contributed by atoms with Crippen molar-refractivity contribution in [1.29, 1.82) is 0 Å². The summed E-state index contributed by atoms with van der Waals surface area (Å²) in [6.07, 6.45) is -0.777. The van der Waals surface area contributed by atoms with E-state index in [4.69, 9.17) is 14.2 Å². The highest BCUT2D eigenvalue weighted by Crippen LogP contribution is 2.35. The fraction of sp³-hybridized carbons (Fsp3) is 0.278. The molecule has 8 nitrogen and oxygen atoms in total. The summed E-state index contributed by atoms with van der Waals surface area (Å²) in [4.78, 5) is 1.36. The number of aryl methyl sites for hydroxylation is 1. The molecule has 1 aliphatic rings. The number of tetrazole rings is 1. The summed E-state index contributed by atoms with van der Waals surface area (Å²) in [5.74, 6) is 2.44. The van der Waals surface area contributed by atoms with Crippen molar-refractivity contribution >= 4 is 0 Å². The van der Waals surface area contributed by atoms with Gasteiger partial charge in [0.05, 0.1) is 6.54 Å². The summed E-state index contributed by atoms with van der Waals surface area (Å²) in [6.45, 7) is 2.51. The number of fused-ring (bicyclic) bond motifs is 1. The zero-order chi connectivity index (χ0) is 17.9. The number of ether oxygens (including phenoxy) is 3.